The molecule has 2 aromatic rings. The normalized spacial score (nSPS) is 16.0. The summed E-state index contributed by atoms with van der Waals surface area (Å²) in [6, 6.07) is 8.82. The van der Waals surface area contributed by atoms with Crippen molar-refractivity contribution in [3.63, 3.8) is 0 Å². The van der Waals surface area contributed by atoms with E-state index in [9.17, 15) is 0 Å². The molecule has 0 amide bonds. The summed E-state index contributed by atoms with van der Waals surface area (Å²) in [5, 5.41) is 6.60. The van der Waals surface area contributed by atoms with Crippen LogP contribution in [0.3, 0.4) is 0 Å². The summed E-state index contributed by atoms with van der Waals surface area (Å²) in [6.45, 7) is 16.0. The zero-order valence-electron chi connectivity index (χ0n) is 20.1. The molecule has 0 radical (unpaired) electrons. The highest BCUT2D eigenvalue weighted by molar-refractivity contribution is 14.0. The third-order valence-electron chi connectivity index (χ3n) is 5.49. The van der Waals surface area contributed by atoms with E-state index in [1.807, 2.05) is 6.20 Å². The molecule has 0 unspecified atom stereocenters. The van der Waals surface area contributed by atoms with Crippen LogP contribution in [0, 0.1) is 0 Å². The molecule has 0 atom stereocenters. The SMILES string of the molecule is CCNC(=NCc1ccc(CN2CCN(C)CC2)cc1)NCc1ncc(C(C)(C)C)o1.I. The Labute approximate surface area is 210 Å². The van der Waals surface area contributed by atoms with Gasteiger partial charge in [0, 0.05) is 44.7 Å². The van der Waals surface area contributed by atoms with Crippen LogP contribution in [0.25, 0.3) is 0 Å². The van der Waals surface area contributed by atoms with E-state index in [0.717, 1.165) is 51.0 Å². The number of aromatic nitrogens is 1. The minimum absolute atomic E-state index is 0. The van der Waals surface area contributed by atoms with Crippen molar-refractivity contribution in [3.8, 4) is 0 Å². The molecule has 2 heterocycles. The van der Waals surface area contributed by atoms with Gasteiger partial charge in [0.05, 0.1) is 19.3 Å². The van der Waals surface area contributed by atoms with E-state index in [0.29, 0.717) is 19.0 Å². The first-order valence-corrected chi connectivity index (χ1v) is 11.3. The fraction of sp³-hybridized carbons (Fsp3) is 0.583. The van der Waals surface area contributed by atoms with Crippen molar-refractivity contribution in [2.75, 3.05) is 39.8 Å². The fourth-order valence-electron chi connectivity index (χ4n) is 3.42. The molecule has 1 aliphatic heterocycles. The Hall–Kier alpha value is -1.65. The summed E-state index contributed by atoms with van der Waals surface area (Å²) in [5.41, 5.74) is 2.52. The quantitative estimate of drug-likeness (QED) is 0.310. The minimum Gasteiger partial charge on any atom is -0.443 e. The summed E-state index contributed by atoms with van der Waals surface area (Å²) in [7, 11) is 2.19. The Morgan fingerprint density at radius 1 is 1.06 bits per heavy atom. The second-order valence-corrected chi connectivity index (χ2v) is 9.31. The van der Waals surface area contributed by atoms with Gasteiger partial charge in [-0.1, -0.05) is 45.0 Å². The van der Waals surface area contributed by atoms with E-state index in [1.165, 1.54) is 11.1 Å². The molecule has 0 bridgehead atoms. The maximum Gasteiger partial charge on any atom is 0.213 e. The number of hydrogen-bond acceptors (Lipinski definition) is 5. The summed E-state index contributed by atoms with van der Waals surface area (Å²) in [5.74, 6) is 2.33. The standard InChI is InChI=1S/C24H38N6O.HI/c1-6-25-23(28-17-22-26-16-21(31-22)24(2,3)4)27-15-19-7-9-20(10-8-19)18-30-13-11-29(5)12-14-30;/h7-10,16H,6,11-15,17-18H2,1-5H3,(H2,25,27,28);1H. The zero-order valence-corrected chi connectivity index (χ0v) is 22.5. The van der Waals surface area contributed by atoms with Crippen molar-refractivity contribution in [3.05, 3.63) is 53.2 Å². The van der Waals surface area contributed by atoms with E-state index in [4.69, 9.17) is 9.41 Å². The van der Waals surface area contributed by atoms with Gasteiger partial charge in [0.1, 0.15) is 5.76 Å². The molecule has 1 fully saturated rings. The lowest BCUT2D eigenvalue weighted by atomic mass is 9.94. The largest absolute Gasteiger partial charge is 0.443 e. The molecule has 0 saturated carbocycles. The Morgan fingerprint density at radius 3 is 2.31 bits per heavy atom. The van der Waals surface area contributed by atoms with Gasteiger partial charge in [0.25, 0.3) is 0 Å². The van der Waals surface area contributed by atoms with Gasteiger partial charge in [0.2, 0.25) is 5.89 Å². The van der Waals surface area contributed by atoms with Crippen LogP contribution in [0.15, 0.2) is 39.9 Å². The van der Waals surface area contributed by atoms with Crippen molar-refractivity contribution >= 4 is 29.9 Å². The number of piperazine rings is 1. The van der Waals surface area contributed by atoms with Crippen LogP contribution in [0.5, 0.6) is 0 Å². The highest BCUT2D eigenvalue weighted by Gasteiger charge is 2.19. The van der Waals surface area contributed by atoms with E-state index in [-0.39, 0.29) is 29.4 Å². The fourth-order valence-corrected chi connectivity index (χ4v) is 3.42. The van der Waals surface area contributed by atoms with Crippen LogP contribution in [-0.2, 0) is 25.0 Å². The average molecular weight is 555 g/mol. The van der Waals surface area contributed by atoms with Crippen molar-refractivity contribution in [1.82, 2.24) is 25.4 Å². The van der Waals surface area contributed by atoms with Gasteiger partial charge in [-0.3, -0.25) is 4.90 Å². The number of rotatable bonds is 7. The summed E-state index contributed by atoms with van der Waals surface area (Å²) in [6.07, 6.45) is 1.81. The predicted octanol–water partition coefficient (Wildman–Crippen LogP) is 3.59. The number of halogens is 1. The van der Waals surface area contributed by atoms with E-state index >= 15 is 0 Å². The van der Waals surface area contributed by atoms with Gasteiger partial charge in [-0.15, -0.1) is 24.0 Å². The van der Waals surface area contributed by atoms with E-state index < -0.39 is 0 Å². The molecule has 2 N–H and O–H groups in total. The first kappa shape index (κ1) is 26.6. The van der Waals surface area contributed by atoms with Gasteiger partial charge in [-0.25, -0.2) is 9.98 Å². The Kier molecular flexibility index (Phi) is 10.4. The van der Waals surface area contributed by atoms with Gasteiger partial charge >= 0.3 is 0 Å². The van der Waals surface area contributed by atoms with Crippen LogP contribution >= 0.6 is 24.0 Å². The zero-order chi connectivity index (χ0) is 22.3. The average Bonchev–Trinajstić information content (AvgIpc) is 3.22. The first-order chi connectivity index (χ1) is 14.8. The minimum atomic E-state index is -0.0413. The van der Waals surface area contributed by atoms with Crippen molar-refractivity contribution in [2.45, 2.75) is 52.7 Å². The van der Waals surface area contributed by atoms with Gasteiger partial charge in [-0.05, 0) is 25.1 Å². The van der Waals surface area contributed by atoms with Crippen LogP contribution in [0.4, 0.5) is 0 Å². The van der Waals surface area contributed by atoms with Crippen LogP contribution in [0.2, 0.25) is 0 Å². The molecule has 32 heavy (non-hydrogen) atoms. The van der Waals surface area contributed by atoms with Crippen LogP contribution in [-0.4, -0.2) is 60.5 Å². The highest BCUT2D eigenvalue weighted by Crippen LogP contribution is 2.22. The molecule has 1 aromatic heterocycles. The molecule has 0 spiro atoms. The molecule has 8 heteroatoms. The van der Waals surface area contributed by atoms with Crippen molar-refractivity contribution < 1.29 is 4.42 Å². The Morgan fingerprint density at radius 2 is 1.72 bits per heavy atom. The molecule has 3 rings (SSSR count). The molecule has 1 saturated heterocycles. The maximum atomic E-state index is 5.86. The third kappa shape index (κ3) is 8.37. The van der Waals surface area contributed by atoms with Gasteiger partial charge in [0.15, 0.2) is 5.96 Å². The molecule has 1 aromatic carbocycles. The lowest BCUT2D eigenvalue weighted by Crippen LogP contribution is -2.43. The third-order valence-corrected chi connectivity index (χ3v) is 5.49. The van der Waals surface area contributed by atoms with Crippen molar-refractivity contribution in [1.29, 1.82) is 0 Å². The number of benzene rings is 1. The smallest absolute Gasteiger partial charge is 0.213 e. The molecular formula is C24H39IN6O. The molecular weight excluding hydrogens is 515 g/mol. The number of nitrogens with zero attached hydrogens (tertiary/aromatic N) is 4. The summed E-state index contributed by atoms with van der Waals surface area (Å²) < 4.78 is 5.86. The van der Waals surface area contributed by atoms with Gasteiger partial charge < -0.3 is 20.0 Å². The number of oxazole rings is 1. The van der Waals surface area contributed by atoms with Crippen LogP contribution < -0.4 is 10.6 Å². The Bertz CT molecular complexity index is 835. The number of guanidine groups is 1. The van der Waals surface area contributed by atoms with E-state index in [1.54, 1.807) is 0 Å². The highest BCUT2D eigenvalue weighted by atomic mass is 127. The van der Waals surface area contributed by atoms with Crippen LogP contribution in [0.1, 0.15) is 50.5 Å². The second-order valence-electron chi connectivity index (χ2n) is 9.31. The molecule has 178 valence electrons. The topological polar surface area (TPSA) is 68.9 Å². The van der Waals surface area contributed by atoms with Gasteiger partial charge in [-0.2, -0.15) is 0 Å². The molecule has 0 aliphatic carbocycles. The lowest BCUT2D eigenvalue weighted by molar-refractivity contribution is 0.148. The number of nitrogens with one attached hydrogen (secondary N) is 2. The molecule has 7 nitrogen and oxygen atoms in total. The summed E-state index contributed by atoms with van der Waals surface area (Å²) >= 11 is 0. The van der Waals surface area contributed by atoms with Crippen molar-refractivity contribution in [2.24, 2.45) is 4.99 Å². The Balaban J connectivity index is 0.00000363. The van der Waals surface area contributed by atoms with E-state index in [2.05, 4.69) is 84.4 Å². The first-order valence-electron chi connectivity index (χ1n) is 11.3. The predicted molar refractivity (Wildman–Crippen MR) is 141 cm³/mol. The second kappa shape index (κ2) is 12.6. The number of likely N-dealkylation sites (N-methyl/N-ethyl adjacent to an activating group) is 1. The molecule has 1 aliphatic rings. The summed E-state index contributed by atoms with van der Waals surface area (Å²) in [4.78, 5) is 14.0. The number of hydrogen-bond donors (Lipinski definition) is 2. The monoisotopic (exact) mass is 554 g/mol. The number of aliphatic imine (C=N–C) groups is 1. The maximum absolute atomic E-state index is 5.86. The lowest BCUT2D eigenvalue weighted by Gasteiger charge is -2.32.